The molecule has 4 rings (SSSR count). The molecule has 2 aromatic rings. The lowest BCUT2D eigenvalue weighted by molar-refractivity contribution is 0.331. The summed E-state index contributed by atoms with van der Waals surface area (Å²) >= 11 is 0. The van der Waals surface area contributed by atoms with Gasteiger partial charge in [-0.3, -0.25) is 0 Å². The van der Waals surface area contributed by atoms with Gasteiger partial charge in [0.2, 0.25) is 0 Å². The molecule has 1 saturated carbocycles. The molecule has 0 atom stereocenters. The number of anilines is 1. The number of rotatable bonds is 3. The predicted octanol–water partition coefficient (Wildman–Crippen LogP) is 2.99. The fourth-order valence-electron chi connectivity index (χ4n) is 4.09. The van der Waals surface area contributed by atoms with Gasteiger partial charge in [-0.15, -0.1) is 0 Å². The number of hydrogen-bond acceptors (Lipinski definition) is 5. The van der Waals surface area contributed by atoms with Crippen LogP contribution in [0.3, 0.4) is 0 Å². The van der Waals surface area contributed by atoms with Gasteiger partial charge in [0, 0.05) is 24.3 Å². The van der Waals surface area contributed by atoms with Crippen LogP contribution >= 0.6 is 0 Å². The first-order valence-electron chi connectivity index (χ1n) is 9.51. The summed E-state index contributed by atoms with van der Waals surface area (Å²) in [5.74, 6) is 2.14. The van der Waals surface area contributed by atoms with Gasteiger partial charge in [0.25, 0.3) is 0 Å². The Balaban J connectivity index is 1.71. The van der Waals surface area contributed by atoms with Gasteiger partial charge in [-0.2, -0.15) is 5.10 Å². The number of hydrogen-bond donors (Lipinski definition) is 0. The minimum atomic E-state index is -2.90. The Morgan fingerprint density at radius 2 is 1.73 bits per heavy atom. The molecule has 1 aliphatic heterocycles. The summed E-state index contributed by atoms with van der Waals surface area (Å²) < 4.78 is 25.7. The van der Waals surface area contributed by atoms with Gasteiger partial charge >= 0.3 is 0 Å². The first-order valence-corrected chi connectivity index (χ1v) is 11.3. The molecule has 2 fully saturated rings. The summed E-state index contributed by atoms with van der Waals surface area (Å²) in [6, 6.07) is 8.60. The van der Waals surface area contributed by atoms with Gasteiger partial charge in [-0.25, -0.2) is 18.1 Å². The van der Waals surface area contributed by atoms with E-state index in [-0.39, 0.29) is 11.5 Å². The molecule has 6 nitrogen and oxygen atoms in total. The topological polar surface area (TPSA) is 68.1 Å². The van der Waals surface area contributed by atoms with E-state index in [1.807, 2.05) is 19.1 Å². The van der Waals surface area contributed by atoms with Crippen LogP contribution in [0.5, 0.6) is 0 Å². The normalized spacial score (nSPS) is 21.0. The minimum absolute atomic E-state index is 0.218. The SMILES string of the molecule is Cc1nc(-c2ccccc2N2CCS(=O)(=O)CC2)n(C2CCCCC2)n1. The molecular weight excluding hydrogens is 348 g/mol. The number of sulfone groups is 1. The zero-order valence-electron chi connectivity index (χ0n) is 15.3. The van der Waals surface area contributed by atoms with Crippen LogP contribution in [0.15, 0.2) is 24.3 Å². The Hall–Kier alpha value is -1.89. The molecule has 2 aliphatic rings. The number of aromatic nitrogens is 3. The first-order chi connectivity index (χ1) is 12.5. The van der Waals surface area contributed by atoms with Crippen LogP contribution < -0.4 is 4.90 Å². The molecule has 1 aliphatic carbocycles. The van der Waals surface area contributed by atoms with Crippen molar-refractivity contribution in [3.05, 3.63) is 30.1 Å². The van der Waals surface area contributed by atoms with Crippen LogP contribution in [0.25, 0.3) is 11.4 Å². The van der Waals surface area contributed by atoms with Gasteiger partial charge in [0.1, 0.15) is 5.82 Å². The predicted molar refractivity (Wildman–Crippen MR) is 103 cm³/mol. The van der Waals surface area contributed by atoms with Crippen LogP contribution in [0.4, 0.5) is 5.69 Å². The molecule has 0 radical (unpaired) electrons. The molecule has 0 unspecified atom stereocenters. The van der Waals surface area contributed by atoms with Crippen LogP contribution in [0.2, 0.25) is 0 Å². The van der Waals surface area contributed by atoms with E-state index in [0.29, 0.717) is 19.1 Å². The van der Waals surface area contributed by atoms with E-state index in [0.717, 1.165) is 35.7 Å². The van der Waals surface area contributed by atoms with Crippen molar-refractivity contribution >= 4 is 15.5 Å². The number of nitrogens with zero attached hydrogens (tertiary/aromatic N) is 4. The highest BCUT2D eigenvalue weighted by Crippen LogP contribution is 2.35. The second-order valence-corrected chi connectivity index (χ2v) is 9.68. The third-order valence-electron chi connectivity index (χ3n) is 5.49. The Kier molecular flexibility index (Phi) is 4.73. The number of aryl methyl sites for hydroxylation is 1. The summed E-state index contributed by atoms with van der Waals surface area (Å²) in [5, 5.41) is 4.71. The Bertz CT molecular complexity index is 871. The van der Waals surface area contributed by atoms with E-state index >= 15 is 0 Å². The van der Waals surface area contributed by atoms with Crippen LogP contribution in [0, 0.1) is 6.92 Å². The summed E-state index contributed by atoms with van der Waals surface area (Å²) in [5.41, 5.74) is 2.12. The van der Waals surface area contributed by atoms with E-state index in [1.165, 1.54) is 19.3 Å². The average molecular weight is 375 g/mol. The lowest BCUT2D eigenvalue weighted by Crippen LogP contribution is -2.40. The van der Waals surface area contributed by atoms with Crippen molar-refractivity contribution in [1.29, 1.82) is 0 Å². The molecule has 26 heavy (non-hydrogen) atoms. The molecule has 140 valence electrons. The van der Waals surface area contributed by atoms with Crippen molar-refractivity contribution < 1.29 is 8.42 Å². The van der Waals surface area contributed by atoms with Crippen LogP contribution in [-0.2, 0) is 9.84 Å². The number of benzene rings is 1. The van der Waals surface area contributed by atoms with E-state index in [1.54, 1.807) is 0 Å². The molecule has 0 N–H and O–H groups in total. The molecule has 1 aromatic carbocycles. The fourth-order valence-corrected chi connectivity index (χ4v) is 5.29. The summed E-state index contributed by atoms with van der Waals surface area (Å²) in [4.78, 5) is 6.92. The number of para-hydroxylation sites is 1. The van der Waals surface area contributed by atoms with Crippen molar-refractivity contribution in [1.82, 2.24) is 14.8 Å². The van der Waals surface area contributed by atoms with Gasteiger partial charge in [-0.1, -0.05) is 31.4 Å². The van der Waals surface area contributed by atoms with Crippen molar-refractivity contribution in [3.63, 3.8) is 0 Å². The molecule has 1 saturated heterocycles. The molecule has 0 spiro atoms. The van der Waals surface area contributed by atoms with Crippen LogP contribution in [0.1, 0.15) is 44.0 Å². The Morgan fingerprint density at radius 1 is 1.04 bits per heavy atom. The van der Waals surface area contributed by atoms with Crippen molar-refractivity contribution in [2.24, 2.45) is 0 Å². The molecule has 0 bridgehead atoms. The van der Waals surface area contributed by atoms with Gasteiger partial charge < -0.3 is 4.90 Å². The lowest BCUT2D eigenvalue weighted by Gasteiger charge is -2.31. The fraction of sp³-hybridized carbons (Fsp3) is 0.579. The van der Waals surface area contributed by atoms with Crippen LogP contribution in [-0.4, -0.2) is 47.8 Å². The highest BCUT2D eigenvalue weighted by Gasteiger charge is 2.26. The largest absolute Gasteiger partial charge is 0.369 e. The molecular formula is C19H26N4O2S. The van der Waals surface area contributed by atoms with Gasteiger partial charge in [0.15, 0.2) is 15.7 Å². The standard InChI is InChI=1S/C19H26N4O2S/c1-15-20-19(23(21-15)16-7-3-2-4-8-16)17-9-5-6-10-18(17)22-11-13-26(24,25)14-12-22/h5-6,9-10,16H,2-4,7-8,11-14H2,1H3. The maximum absolute atomic E-state index is 11.8. The maximum atomic E-state index is 11.8. The molecule has 7 heteroatoms. The second kappa shape index (κ2) is 7.02. The summed E-state index contributed by atoms with van der Waals surface area (Å²) in [7, 11) is -2.90. The Labute approximate surface area is 155 Å². The quantitative estimate of drug-likeness (QED) is 0.826. The third-order valence-corrected chi connectivity index (χ3v) is 7.10. The summed E-state index contributed by atoms with van der Waals surface area (Å²) in [6.45, 7) is 3.02. The highest BCUT2D eigenvalue weighted by molar-refractivity contribution is 7.91. The second-order valence-electron chi connectivity index (χ2n) is 7.38. The lowest BCUT2D eigenvalue weighted by atomic mass is 9.95. The first kappa shape index (κ1) is 17.5. The monoisotopic (exact) mass is 374 g/mol. The minimum Gasteiger partial charge on any atom is -0.369 e. The van der Waals surface area contributed by atoms with Crippen molar-refractivity contribution in [3.8, 4) is 11.4 Å². The van der Waals surface area contributed by atoms with Gasteiger partial charge in [0.05, 0.1) is 17.5 Å². The molecule has 0 amide bonds. The van der Waals surface area contributed by atoms with E-state index in [2.05, 4.69) is 21.7 Å². The van der Waals surface area contributed by atoms with Gasteiger partial charge in [-0.05, 0) is 31.9 Å². The third kappa shape index (κ3) is 3.49. The zero-order chi connectivity index (χ0) is 18.1. The summed E-state index contributed by atoms with van der Waals surface area (Å²) in [6.07, 6.45) is 6.10. The average Bonchev–Trinajstić information content (AvgIpc) is 3.04. The molecule has 1 aromatic heterocycles. The Morgan fingerprint density at radius 3 is 2.46 bits per heavy atom. The maximum Gasteiger partial charge on any atom is 0.160 e. The van der Waals surface area contributed by atoms with Crippen molar-refractivity contribution in [2.45, 2.75) is 45.1 Å². The highest BCUT2D eigenvalue weighted by atomic mass is 32.2. The van der Waals surface area contributed by atoms with Crippen molar-refractivity contribution in [2.75, 3.05) is 29.5 Å². The molecule has 2 heterocycles. The smallest absolute Gasteiger partial charge is 0.160 e. The zero-order valence-corrected chi connectivity index (χ0v) is 16.1. The van der Waals surface area contributed by atoms with E-state index < -0.39 is 9.84 Å². The van der Waals surface area contributed by atoms with E-state index in [9.17, 15) is 8.42 Å². The van der Waals surface area contributed by atoms with E-state index in [4.69, 9.17) is 10.1 Å².